The van der Waals surface area contributed by atoms with Gasteiger partial charge in [-0.05, 0) is 31.7 Å². The molecule has 1 N–H and O–H groups in total. The van der Waals surface area contributed by atoms with Crippen LogP contribution in [0.5, 0.6) is 0 Å². The van der Waals surface area contributed by atoms with Gasteiger partial charge in [-0.25, -0.2) is 0 Å². The fourth-order valence-electron chi connectivity index (χ4n) is 1.85. The molecule has 14 heavy (non-hydrogen) atoms. The van der Waals surface area contributed by atoms with E-state index in [1.54, 1.807) is 0 Å². The van der Waals surface area contributed by atoms with Crippen molar-refractivity contribution < 1.29 is 9.84 Å². The quantitative estimate of drug-likeness (QED) is 0.699. The maximum absolute atomic E-state index is 8.76. The third-order valence-corrected chi connectivity index (χ3v) is 2.90. The molecule has 1 heterocycles. The van der Waals surface area contributed by atoms with E-state index in [4.69, 9.17) is 9.84 Å². The number of hydrogen-bond acceptors (Lipinski definition) is 3. The minimum absolute atomic E-state index is 0.332. The zero-order valence-electron chi connectivity index (χ0n) is 9.24. The van der Waals surface area contributed by atoms with Crippen molar-refractivity contribution in [2.45, 2.75) is 26.2 Å². The number of hydrogen-bond donors (Lipinski definition) is 1. The highest BCUT2D eigenvalue weighted by atomic mass is 16.5. The van der Waals surface area contributed by atoms with Gasteiger partial charge in [0.1, 0.15) is 0 Å². The summed E-state index contributed by atoms with van der Waals surface area (Å²) in [7, 11) is 0. The van der Waals surface area contributed by atoms with Crippen LogP contribution in [0.1, 0.15) is 26.2 Å². The summed E-state index contributed by atoms with van der Waals surface area (Å²) in [5.41, 5.74) is 0. The third kappa shape index (κ3) is 4.94. The number of ether oxygens (including phenoxy) is 1. The lowest BCUT2D eigenvalue weighted by Crippen LogP contribution is -2.36. The molecule has 1 saturated heterocycles. The van der Waals surface area contributed by atoms with Crippen molar-refractivity contribution in [2.75, 3.05) is 39.5 Å². The van der Waals surface area contributed by atoms with E-state index in [1.807, 2.05) is 0 Å². The van der Waals surface area contributed by atoms with Gasteiger partial charge >= 0.3 is 0 Å². The monoisotopic (exact) mass is 201 g/mol. The topological polar surface area (TPSA) is 32.7 Å². The zero-order chi connectivity index (χ0) is 10.2. The van der Waals surface area contributed by atoms with Crippen LogP contribution in [-0.2, 0) is 4.74 Å². The second-order valence-corrected chi connectivity index (χ2v) is 4.21. The molecule has 0 radical (unpaired) electrons. The van der Waals surface area contributed by atoms with Crippen molar-refractivity contribution in [3.8, 4) is 0 Å². The second kappa shape index (κ2) is 7.21. The molecule has 0 aliphatic carbocycles. The fourth-order valence-corrected chi connectivity index (χ4v) is 1.85. The van der Waals surface area contributed by atoms with Gasteiger partial charge in [-0.2, -0.15) is 0 Å². The molecule has 0 aromatic rings. The summed E-state index contributed by atoms with van der Waals surface area (Å²) in [5.74, 6) is 0.668. The van der Waals surface area contributed by atoms with Crippen LogP contribution in [0.3, 0.4) is 0 Å². The molecule has 1 aliphatic heterocycles. The molecule has 84 valence electrons. The Bertz CT molecular complexity index is 135. The lowest BCUT2D eigenvalue weighted by molar-refractivity contribution is 0.0366. The lowest BCUT2D eigenvalue weighted by atomic mass is 10.0. The van der Waals surface area contributed by atoms with Gasteiger partial charge < -0.3 is 9.84 Å². The summed E-state index contributed by atoms with van der Waals surface area (Å²) >= 11 is 0. The van der Waals surface area contributed by atoms with Crippen molar-refractivity contribution in [1.29, 1.82) is 0 Å². The van der Waals surface area contributed by atoms with Crippen LogP contribution in [0.15, 0.2) is 0 Å². The maximum Gasteiger partial charge on any atom is 0.0594 e. The molecule has 1 atom stereocenters. The minimum atomic E-state index is 0.332. The Hall–Kier alpha value is -0.120. The number of nitrogens with zero attached hydrogens (tertiary/aromatic N) is 1. The van der Waals surface area contributed by atoms with Crippen LogP contribution in [0.25, 0.3) is 0 Å². The maximum atomic E-state index is 8.76. The van der Waals surface area contributed by atoms with E-state index in [2.05, 4.69) is 11.8 Å². The predicted octanol–water partition coefficient (Wildman–Crippen LogP) is 1.12. The van der Waals surface area contributed by atoms with Gasteiger partial charge in [0.05, 0.1) is 13.2 Å². The number of aliphatic hydroxyl groups is 1. The van der Waals surface area contributed by atoms with E-state index in [9.17, 15) is 0 Å². The van der Waals surface area contributed by atoms with Crippen LogP contribution in [0.2, 0.25) is 0 Å². The molecule has 1 unspecified atom stereocenters. The zero-order valence-corrected chi connectivity index (χ0v) is 9.24. The molecular formula is C11H23NO2. The van der Waals surface area contributed by atoms with Gasteiger partial charge in [0.2, 0.25) is 0 Å². The van der Waals surface area contributed by atoms with E-state index in [-0.39, 0.29) is 0 Å². The van der Waals surface area contributed by atoms with Crippen molar-refractivity contribution >= 4 is 0 Å². The smallest absolute Gasteiger partial charge is 0.0594 e. The highest BCUT2D eigenvalue weighted by Gasteiger charge is 2.10. The standard InChI is InChI=1S/C11H23NO2/c1-11(4-8-13)3-2-5-12-6-9-14-10-7-12/h11,13H,2-10H2,1H3. The summed E-state index contributed by atoms with van der Waals surface area (Å²) in [5, 5.41) is 8.76. The van der Waals surface area contributed by atoms with Gasteiger partial charge in [-0.3, -0.25) is 4.90 Å². The van der Waals surface area contributed by atoms with E-state index in [0.717, 1.165) is 32.7 Å². The first-order valence-corrected chi connectivity index (χ1v) is 5.74. The largest absolute Gasteiger partial charge is 0.396 e. The Morgan fingerprint density at radius 2 is 2.00 bits per heavy atom. The number of morpholine rings is 1. The Morgan fingerprint density at radius 1 is 1.29 bits per heavy atom. The Labute approximate surface area is 87.1 Å². The summed E-state index contributed by atoms with van der Waals surface area (Å²) in [4.78, 5) is 2.47. The second-order valence-electron chi connectivity index (χ2n) is 4.21. The molecule has 0 aromatic carbocycles. The molecule has 0 amide bonds. The van der Waals surface area contributed by atoms with E-state index >= 15 is 0 Å². The fraction of sp³-hybridized carbons (Fsp3) is 1.00. The van der Waals surface area contributed by atoms with Crippen LogP contribution < -0.4 is 0 Å². The van der Waals surface area contributed by atoms with Gasteiger partial charge in [0.25, 0.3) is 0 Å². The molecule has 0 spiro atoms. The highest BCUT2D eigenvalue weighted by molar-refractivity contribution is 4.62. The Morgan fingerprint density at radius 3 is 2.64 bits per heavy atom. The van der Waals surface area contributed by atoms with E-state index < -0.39 is 0 Å². The molecule has 1 aliphatic rings. The lowest BCUT2D eigenvalue weighted by Gasteiger charge is -2.26. The highest BCUT2D eigenvalue weighted by Crippen LogP contribution is 2.10. The molecule has 3 nitrogen and oxygen atoms in total. The Balaban J connectivity index is 1.96. The molecule has 0 aromatic heterocycles. The first-order chi connectivity index (χ1) is 6.83. The van der Waals surface area contributed by atoms with Crippen molar-refractivity contribution in [3.05, 3.63) is 0 Å². The SMILES string of the molecule is CC(CCO)CCCN1CCOCC1. The predicted molar refractivity (Wildman–Crippen MR) is 57.4 cm³/mol. The molecule has 0 bridgehead atoms. The normalized spacial score (nSPS) is 21.0. The number of rotatable bonds is 6. The van der Waals surface area contributed by atoms with Crippen LogP contribution in [0.4, 0.5) is 0 Å². The van der Waals surface area contributed by atoms with Gasteiger partial charge in [-0.1, -0.05) is 6.92 Å². The average molecular weight is 201 g/mol. The van der Waals surface area contributed by atoms with Crippen molar-refractivity contribution in [3.63, 3.8) is 0 Å². The first kappa shape index (κ1) is 12.0. The van der Waals surface area contributed by atoms with E-state index in [1.165, 1.54) is 19.4 Å². The minimum Gasteiger partial charge on any atom is -0.396 e. The van der Waals surface area contributed by atoms with Gasteiger partial charge in [0, 0.05) is 19.7 Å². The van der Waals surface area contributed by atoms with Crippen molar-refractivity contribution in [2.24, 2.45) is 5.92 Å². The van der Waals surface area contributed by atoms with Gasteiger partial charge in [-0.15, -0.1) is 0 Å². The summed E-state index contributed by atoms with van der Waals surface area (Å²) < 4.78 is 5.29. The summed E-state index contributed by atoms with van der Waals surface area (Å²) in [6.07, 6.45) is 3.43. The Kier molecular flexibility index (Phi) is 6.15. The molecule has 0 saturated carbocycles. The van der Waals surface area contributed by atoms with Crippen LogP contribution >= 0.6 is 0 Å². The molecule has 3 heteroatoms. The summed E-state index contributed by atoms with van der Waals surface area (Å²) in [6.45, 7) is 7.72. The number of aliphatic hydroxyl groups excluding tert-OH is 1. The van der Waals surface area contributed by atoms with Crippen molar-refractivity contribution in [1.82, 2.24) is 4.90 Å². The molecule has 1 fully saturated rings. The summed E-state index contributed by atoms with van der Waals surface area (Å²) in [6, 6.07) is 0. The third-order valence-electron chi connectivity index (χ3n) is 2.90. The molecule has 1 rings (SSSR count). The molecular weight excluding hydrogens is 178 g/mol. The average Bonchev–Trinajstić information content (AvgIpc) is 2.20. The van der Waals surface area contributed by atoms with Crippen LogP contribution in [0, 0.1) is 5.92 Å². The van der Waals surface area contributed by atoms with Gasteiger partial charge in [0.15, 0.2) is 0 Å². The van der Waals surface area contributed by atoms with E-state index in [0.29, 0.717) is 12.5 Å². The van der Waals surface area contributed by atoms with Crippen LogP contribution in [-0.4, -0.2) is 49.5 Å². The first-order valence-electron chi connectivity index (χ1n) is 5.74.